The highest BCUT2D eigenvalue weighted by Crippen LogP contribution is 2.29. The smallest absolute Gasteiger partial charge is 0.292 e. The first-order valence-electron chi connectivity index (χ1n) is 10.9. The molecule has 5 N–H and O–H groups in total. The van der Waals surface area contributed by atoms with E-state index in [1.165, 1.54) is 18.2 Å². The van der Waals surface area contributed by atoms with Crippen LogP contribution in [0.15, 0.2) is 47.6 Å². The Labute approximate surface area is 195 Å². The predicted octanol–water partition coefficient (Wildman–Crippen LogP) is 1.49. The first kappa shape index (κ1) is 25.4. The zero-order valence-corrected chi connectivity index (χ0v) is 18.4. The molecule has 182 valence electrons. The highest BCUT2D eigenvalue weighted by atomic mass is 16.6. The van der Waals surface area contributed by atoms with E-state index in [4.69, 9.17) is 5.53 Å². The van der Waals surface area contributed by atoms with Gasteiger partial charge in [0.05, 0.1) is 23.7 Å². The van der Waals surface area contributed by atoms with E-state index < -0.39 is 29.3 Å². The maximum atomic E-state index is 11.4. The van der Waals surface area contributed by atoms with Crippen LogP contribution in [0.1, 0.15) is 11.1 Å². The van der Waals surface area contributed by atoms with Crippen molar-refractivity contribution in [2.45, 2.75) is 37.2 Å². The van der Waals surface area contributed by atoms with Gasteiger partial charge >= 0.3 is 0 Å². The molecular formula is C22H28N6O6. The minimum Gasteiger partial charge on any atom is -0.395 e. The molecule has 1 aliphatic heterocycles. The fraction of sp³-hybridized carbons (Fsp3) is 0.455. The lowest BCUT2D eigenvalue weighted by Gasteiger charge is -2.43. The summed E-state index contributed by atoms with van der Waals surface area (Å²) in [5.41, 5.74) is 10.9. The third-order valence-corrected chi connectivity index (χ3v) is 6.05. The highest BCUT2D eigenvalue weighted by molar-refractivity contribution is 5.66. The molecule has 2 aromatic rings. The average molecular weight is 473 g/mol. The molecule has 0 aromatic heterocycles. The number of hydrogen-bond acceptors (Lipinski definition) is 9. The molecule has 0 amide bonds. The van der Waals surface area contributed by atoms with Crippen molar-refractivity contribution in [1.29, 1.82) is 0 Å². The molecule has 34 heavy (non-hydrogen) atoms. The summed E-state index contributed by atoms with van der Waals surface area (Å²) >= 11 is 0. The molecule has 0 saturated carbocycles. The molecular weight excluding hydrogens is 444 g/mol. The molecule has 0 unspecified atom stereocenters. The predicted molar refractivity (Wildman–Crippen MR) is 125 cm³/mol. The number of nitrogens with one attached hydrogen (secondary N) is 1. The van der Waals surface area contributed by atoms with Gasteiger partial charge in [0.2, 0.25) is 0 Å². The Balaban J connectivity index is 1.64. The van der Waals surface area contributed by atoms with Crippen molar-refractivity contribution in [2.75, 3.05) is 31.6 Å². The monoisotopic (exact) mass is 472 g/mol. The molecule has 1 heterocycles. The second-order valence-corrected chi connectivity index (χ2v) is 8.14. The zero-order valence-electron chi connectivity index (χ0n) is 18.4. The van der Waals surface area contributed by atoms with Crippen LogP contribution in [0.2, 0.25) is 0 Å². The van der Waals surface area contributed by atoms with Gasteiger partial charge in [-0.15, -0.1) is 0 Å². The maximum absolute atomic E-state index is 11.4. The Hall–Kier alpha value is -3.25. The van der Waals surface area contributed by atoms with Crippen molar-refractivity contribution in [1.82, 2.24) is 4.90 Å². The lowest BCUT2D eigenvalue weighted by Crippen LogP contribution is -2.62. The standard InChI is InChI=1S/C22H28N6O6/c23-26-25-16-5-6-17(18(11-16)28(33)34)24-9-7-14-3-1-2-4-15(14)8-10-27-12-20(30)22(32)21(31)19(27)13-29/h1-6,11,19-22,24,29-32H,7-10,12-13H2/t19-,20+,21-,22-/m0/s1. The molecule has 1 aliphatic rings. The Kier molecular flexibility index (Phi) is 8.77. The van der Waals surface area contributed by atoms with Gasteiger partial charge in [-0.05, 0) is 35.6 Å². The Morgan fingerprint density at radius 1 is 1.15 bits per heavy atom. The van der Waals surface area contributed by atoms with Gasteiger partial charge in [-0.25, -0.2) is 0 Å². The summed E-state index contributed by atoms with van der Waals surface area (Å²) in [6.45, 7) is 0.685. The number of nitro groups is 1. The van der Waals surface area contributed by atoms with Gasteiger partial charge in [0, 0.05) is 36.3 Å². The summed E-state index contributed by atoms with van der Waals surface area (Å²) < 4.78 is 0. The van der Waals surface area contributed by atoms with Crippen LogP contribution in [0.4, 0.5) is 17.1 Å². The van der Waals surface area contributed by atoms with Crippen molar-refractivity contribution < 1.29 is 25.3 Å². The van der Waals surface area contributed by atoms with Crippen LogP contribution in [0.5, 0.6) is 0 Å². The summed E-state index contributed by atoms with van der Waals surface area (Å²) in [6.07, 6.45) is -2.47. The number of aliphatic hydroxyl groups is 4. The second-order valence-electron chi connectivity index (χ2n) is 8.14. The molecule has 12 heteroatoms. The molecule has 12 nitrogen and oxygen atoms in total. The average Bonchev–Trinajstić information content (AvgIpc) is 2.83. The number of aliphatic hydroxyl groups excluding tert-OH is 4. The minimum absolute atomic E-state index is 0.142. The normalized spacial score (nSPS) is 22.7. The number of nitro benzene ring substituents is 1. The zero-order chi connectivity index (χ0) is 24.7. The van der Waals surface area contributed by atoms with Gasteiger partial charge in [-0.1, -0.05) is 35.4 Å². The van der Waals surface area contributed by atoms with Gasteiger partial charge < -0.3 is 25.7 Å². The Bertz CT molecular complexity index is 1050. The molecule has 2 aromatic carbocycles. The van der Waals surface area contributed by atoms with Crippen LogP contribution < -0.4 is 5.32 Å². The summed E-state index contributed by atoms with van der Waals surface area (Å²) in [4.78, 5) is 15.3. The number of piperidine rings is 1. The first-order valence-corrected chi connectivity index (χ1v) is 10.9. The summed E-state index contributed by atoms with van der Waals surface area (Å²) in [6, 6.07) is 11.3. The van der Waals surface area contributed by atoms with Gasteiger partial charge in [-0.3, -0.25) is 15.0 Å². The van der Waals surface area contributed by atoms with Crippen molar-refractivity contribution in [3.8, 4) is 0 Å². The van der Waals surface area contributed by atoms with Crippen LogP contribution in [0.3, 0.4) is 0 Å². The number of hydrogen-bond donors (Lipinski definition) is 5. The molecule has 1 fully saturated rings. The fourth-order valence-corrected chi connectivity index (χ4v) is 4.21. The number of likely N-dealkylation sites (tertiary alicyclic amines) is 1. The van der Waals surface area contributed by atoms with Gasteiger partial charge in [-0.2, -0.15) is 0 Å². The topological polar surface area (TPSA) is 188 Å². The first-order chi connectivity index (χ1) is 16.3. The number of azide groups is 1. The molecule has 0 bridgehead atoms. The number of anilines is 1. The molecule has 4 atom stereocenters. The molecule has 0 aliphatic carbocycles. The van der Waals surface area contributed by atoms with E-state index in [0.717, 1.165) is 11.1 Å². The SMILES string of the molecule is [N-]=[N+]=Nc1ccc(NCCc2ccccc2CCN2C[C@@H](O)[C@H](O)[C@@H](O)[C@@H]2CO)c([N+](=O)[O-])c1. The quantitative estimate of drug-likeness (QED) is 0.113. The van der Waals surface area contributed by atoms with Crippen molar-refractivity contribution in [3.63, 3.8) is 0 Å². The third-order valence-electron chi connectivity index (χ3n) is 6.05. The van der Waals surface area contributed by atoms with Crippen molar-refractivity contribution >= 4 is 17.1 Å². The third kappa shape index (κ3) is 6.00. The van der Waals surface area contributed by atoms with Crippen LogP contribution in [-0.2, 0) is 12.8 Å². The molecule has 3 rings (SSSR count). The van der Waals surface area contributed by atoms with Crippen molar-refractivity contribution in [2.24, 2.45) is 5.11 Å². The van der Waals surface area contributed by atoms with Crippen LogP contribution in [0, 0.1) is 10.1 Å². The summed E-state index contributed by atoms with van der Waals surface area (Å²) in [5, 5.41) is 57.5. The maximum Gasteiger partial charge on any atom is 0.292 e. The van der Waals surface area contributed by atoms with Crippen molar-refractivity contribution in [3.05, 3.63) is 74.1 Å². The van der Waals surface area contributed by atoms with E-state index in [2.05, 4.69) is 15.3 Å². The number of benzene rings is 2. The Morgan fingerprint density at radius 2 is 1.85 bits per heavy atom. The molecule has 0 radical (unpaired) electrons. The lowest BCUT2D eigenvalue weighted by molar-refractivity contribution is -0.383. The molecule has 0 spiro atoms. The van der Waals surface area contributed by atoms with Gasteiger partial charge in [0.25, 0.3) is 5.69 Å². The summed E-state index contributed by atoms with van der Waals surface area (Å²) in [7, 11) is 0. The van der Waals surface area contributed by atoms with Gasteiger partial charge in [0.1, 0.15) is 17.9 Å². The van der Waals surface area contributed by atoms with E-state index >= 15 is 0 Å². The largest absolute Gasteiger partial charge is 0.395 e. The number of β-amino-alcohol motifs (C(OH)–C–C–N with tert-alkyl or cyclic N) is 1. The van der Waals surface area contributed by atoms with Crippen LogP contribution in [-0.4, -0.2) is 80.8 Å². The molecule has 1 saturated heterocycles. The Morgan fingerprint density at radius 3 is 2.50 bits per heavy atom. The summed E-state index contributed by atoms with van der Waals surface area (Å²) in [5.74, 6) is 0. The number of rotatable bonds is 10. The van der Waals surface area contributed by atoms with Crippen LogP contribution >= 0.6 is 0 Å². The van der Waals surface area contributed by atoms with E-state index in [1.54, 1.807) is 4.90 Å². The van der Waals surface area contributed by atoms with E-state index in [1.807, 2.05) is 24.3 Å². The number of nitrogens with zero attached hydrogens (tertiary/aromatic N) is 5. The van der Waals surface area contributed by atoms with E-state index in [-0.39, 0.29) is 24.5 Å². The fourth-order valence-electron chi connectivity index (χ4n) is 4.21. The second kappa shape index (κ2) is 11.7. The lowest BCUT2D eigenvalue weighted by atomic mass is 9.93. The minimum atomic E-state index is -1.29. The highest BCUT2D eigenvalue weighted by Gasteiger charge is 2.40. The van der Waals surface area contributed by atoms with E-state index in [0.29, 0.717) is 31.6 Å². The van der Waals surface area contributed by atoms with Crippen LogP contribution in [0.25, 0.3) is 10.4 Å². The van der Waals surface area contributed by atoms with E-state index in [9.17, 15) is 30.5 Å². The van der Waals surface area contributed by atoms with Gasteiger partial charge in [0.15, 0.2) is 0 Å².